The first-order chi connectivity index (χ1) is 9.22. The average Bonchev–Trinajstić information content (AvgIpc) is 2.44. The van der Waals surface area contributed by atoms with Crippen molar-refractivity contribution in [2.45, 2.75) is 39.7 Å². The molecule has 0 heterocycles. The van der Waals surface area contributed by atoms with Gasteiger partial charge < -0.3 is 10.2 Å². The number of benzene rings is 1. The van der Waals surface area contributed by atoms with E-state index in [0.29, 0.717) is 0 Å². The van der Waals surface area contributed by atoms with Gasteiger partial charge in [0, 0.05) is 20.1 Å². The molecule has 1 aromatic carbocycles. The third-order valence-electron chi connectivity index (χ3n) is 3.20. The van der Waals surface area contributed by atoms with E-state index in [1.54, 1.807) is 0 Å². The number of hydrogen-bond donors (Lipinski definition) is 1. The largest absolute Gasteiger partial charge is 0.374 e. The van der Waals surface area contributed by atoms with Gasteiger partial charge in [0.05, 0.1) is 11.3 Å². The van der Waals surface area contributed by atoms with Crippen LogP contribution < -0.4 is 10.2 Å². The number of nitrogens with zero attached hydrogens (tertiary/aromatic N) is 2. The monoisotopic (exact) mass is 259 g/mol. The second kappa shape index (κ2) is 8.55. The maximum absolute atomic E-state index is 9.29. The SMILES string of the molecule is CCCCN(C)c1ccc(CNCCC)cc1C#N. The molecule has 0 aliphatic heterocycles. The van der Waals surface area contributed by atoms with Crippen LogP contribution in [0.1, 0.15) is 44.2 Å². The van der Waals surface area contributed by atoms with Crippen molar-refractivity contribution in [2.24, 2.45) is 0 Å². The third-order valence-corrected chi connectivity index (χ3v) is 3.20. The summed E-state index contributed by atoms with van der Waals surface area (Å²) in [6.07, 6.45) is 3.45. The maximum atomic E-state index is 9.29. The standard InChI is InChI=1S/C16H25N3/c1-4-6-10-19(3)16-8-7-14(11-15(16)12-17)13-18-9-5-2/h7-8,11,18H,4-6,9-10,13H2,1-3H3. The van der Waals surface area contributed by atoms with Gasteiger partial charge in [-0.15, -0.1) is 0 Å². The Labute approximate surface area is 117 Å². The zero-order valence-corrected chi connectivity index (χ0v) is 12.4. The molecule has 1 aromatic rings. The van der Waals surface area contributed by atoms with Crippen molar-refractivity contribution in [2.75, 3.05) is 25.0 Å². The fraction of sp³-hybridized carbons (Fsp3) is 0.562. The first kappa shape index (κ1) is 15.5. The van der Waals surface area contributed by atoms with Gasteiger partial charge >= 0.3 is 0 Å². The van der Waals surface area contributed by atoms with Gasteiger partial charge in [0.2, 0.25) is 0 Å². The molecule has 0 atom stereocenters. The van der Waals surface area contributed by atoms with Gasteiger partial charge in [-0.25, -0.2) is 0 Å². The van der Waals surface area contributed by atoms with Crippen LogP contribution in [-0.2, 0) is 6.54 Å². The summed E-state index contributed by atoms with van der Waals surface area (Å²) in [5.41, 5.74) is 2.99. The summed E-state index contributed by atoms with van der Waals surface area (Å²) < 4.78 is 0. The van der Waals surface area contributed by atoms with E-state index in [0.717, 1.165) is 43.7 Å². The van der Waals surface area contributed by atoms with Crippen LogP contribution in [0.2, 0.25) is 0 Å². The second-order valence-electron chi connectivity index (χ2n) is 4.92. The van der Waals surface area contributed by atoms with Gasteiger partial charge in [0.1, 0.15) is 6.07 Å². The van der Waals surface area contributed by atoms with Crippen LogP contribution in [0, 0.1) is 11.3 Å². The fourth-order valence-electron chi connectivity index (χ4n) is 2.04. The van der Waals surface area contributed by atoms with Crippen molar-refractivity contribution in [3.8, 4) is 6.07 Å². The van der Waals surface area contributed by atoms with E-state index >= 15 is 0 Å². The quantitative estimate of drug-likeness (QED) is 0.728. The van der Waals surface area contributed by atoms with Gasteiger partial charge in [-0.05, 0) is 37.1 Å². The molecule has 0 saturated heterocycles. The highest BCUT2D eigenvalue weighted by Gasteiger charge is 2.07. The summed E-state index contributed by atoms with van der Waals surface area (Å²) in [4.78, 5) is 2.17. The number of hydrogen-bond acceptors (Lipinski definition) is 3. The Bertz CT molecular complexity index is 420. The minimum absolute atomic E-state index is 0.773. The van der Waals surface area contributed by atoms with E-state index < -0.39 is 0 Å². The molecule has 0 aliphatic carbocycles. The zero-order chi connectivity index (χ0) is 14.1. The summed E-state index contributed by atoms with van der Waals surface area (Å²) in [6.45, 7) is 7.18. The molecular weight excluding hydrogens is 234 g/mol. The molecule has 0 aliphatic rings. The van der Waals surface area contributed by atoms with Gasteiger partial charge in [-0.1, -0.05) is 26.3 Å². The van der Waals surface area contributed by atoms with Gasteiger partial charge in [-0.2, -0.15) is 5.26 Å². The number of nitriles is 1. The molecule has 3 heteroatoms. The van der Waals surface area contributed by atoms with Crippen LogP contribution >= 0.6 is 0 Å². The van der Waals surface area contributed by atoms with Crippen LogP contribution in [0.4, 0.5) is 5.69 Å². The number of rotatable bonds is 8. The van der Waals surface area contributed by atoms with Crippen molar-refractivity contribution in [1.82, 2.24) is 5.32 Å². The fourth-order valence-corrected chi connectivity index (χ4v) is 2.04. The molecule has 19 heavy (non-hydrogen) atoms. The van der Waals surface area contributed by atoms with Crippen LogP contribution in [0.5, 0.6) is 0 Å². The Hall–Kier alpha value is -1.53. The number of anilines is 1. The van der Waals surface area contributed by atoms with E-state index in [-0.39, 0.29) is 0 Å². The Morgan fingerprint density at radius 1 is 1.26 bits per heavy atom. The molecule has 1 rings (SSSR count). The summed E-state index contributed by atoms with van der Waals surface area (Å²) in [5.74, 6) is 0. The maximum Gasteiger partial charge on any atom is 0.101 e. The molecule has 0 spiro atoms. The summed E-state index contributed by atoms with van der Waals surface area (Å²) >= 11 is 0. The predicted octanol–water partition coefficient (Wildman–Crippen LogP) is 3.29. The lowest BCUT2D eigenvalue weighted by Crippen LogP contribution is -2.20. The molecule has 3 nitrogen and oxygen atoms in total. The lowest BCUT2D eigenvalue weighted by molar-refractivity contribution is 0.675. The summed E-state index contributed by atoms with van der Waals surface area (Å²) in [7, 11) is 2.06. The molecule has 0 bridgehead atoms. The predicted molar refractivity (Wildman–Crippen MR) is 81.3 cm³/mol. The third kappa shape index (κ3) is 4.92. The van der Waals surface area contributed by atoms with Gasteiger partial charge in [0.25, 0.3) is 0 Å². The second-order valence-corrected chi connectivity index (χ2v) is 4.92. The molecule has 104 valence electrons. The molecule has 1 N–H and O–H groups in total. The first-order valence-corrected chi connectivity index (χ1v) is 7.17. The molecule has 0 saturated carbocycles. The number of nitrogens with one attached hydrogen (secondary N) is 1. The minimum Gasteiger partial charge on any atom is -0.374 e. The molecule has 0 radical (unpaired) electrons. The van der Waals surface area contributed by atoms with E-state index in [4.69, 9.17) is 0 Å². The average molecular weight is 259 g/mol. The van der Waals surface area contributed by atoms with Crippen LogP contribution in [0.25, 0.3) is 0 Å². The Morgan fingerprint density at radius 2 is 2.05 bits per heavy atom. The highest BCUT2D eigenvalue weighted by Crippen LogP contribution is 2.20. The first-order valence-electron chi connectivity index (χ1n) is 7.17. The van der Waals surface area contributed by atoms with Crippen molar-refractivity contribution in [3.63, 3.8) is 0 Å². The minimum atomic E-state index is 0.773. The Balaban J connectivity index is 2.76. The lowest BCUT2D eigenvalue weighted by Gasteiger charge is -2.20. The lowest BCUT2D eigenvalue weighted by atomic mass is 10.1. The summed E-state index contributed by atoms with van der Waals surface area (Å²) in [5, 5.41) is 12.7. The Morgan fingerprint density at radius 3 is 2.68 bits per heavy atom. The van der Waals surface area contributed by atoms with Crippen molar-refractivity contribution >= 4 is 5.69 Å². The molecule has 0 fully saturated rings. The van der Waals surface area contributed by atoms with Crippen molar-refractivity contribution in [1.29, 1.82) is 5.26 Å². The highest BCUT2D eigenvalue weighted by atomic mass is 15.1. The van der Waals surface area contributed by atoms with E-state index in [1.807, 2.05) is 6.07 Å². The van der Waals surface area contributed by atoms with Crippen molar-refractivity contribution < 1.29 is 0 Å². The topological polar surface area (TPSA) is 39.1 Å². The van der Waals surface area contributed by atoms with Crippen LogP contribution in [-0.4, -0.2) is 20.1 Å². The molecular formula is C16H25N3. The van der Waals surface area contributed by atoms with Crippen molar-refractivity contribution in [3.05, 3.63) is 29.3 Å². The summed E-state index contributed by atoms with van der Waals surface area (Å²) in [6, 6.07) is 8.49. The van der Waals surface area contributed by atoms with Crippen LogP contribution in [0.15, 0.2) is 18.2 Å². The number of unbranched alkanes of at least 4 members (excludes halogenated alkanes) is 1. The van der Waals surface area contributed by atoms with Gasteiger partial charge in [0.15, 0.2) is 0 Å². The van der Waals surface area contributed by atoms with E-state index in [9.17, 15) is 5.26 Å². The normalized spacial score (nSPS) is 10.2. The van der Waals surface area contributed by atoms with Crippen LogP contribution in [0.3, 0.4) is 0 Å². The molecule has 0 amide bonds. The van der Waals surface area contributed by atoms with Gasteiger partial charge in [-0.3, -0.25) is 0 Å². The van der Waals surface area contributed by atoms with E-state index in [2.05, 4.69) is 49.3 Å². The highest BCUT2D eigenvalue weighted by molar-refractivity contribution is 5.60. The van der Waals surface area contributed by atoms with E-state index in [1.165, 1.54) is 12.0 Å². The molecule has 0 unspecified atom stereocenters. The Kier molecular flexibility index (Phi) is 6.99. The smallest absolute Gasteiger partial charge is 0.101 e. The molecule has 0 aromatic heterocycles. The zero-order valence-electron chi connectivity index (χ0n) is 12.4.